The first-order valence-electron chi connectivity index (χ1n) is 6.70. The van der Waals surface area contributed by atoms with Crippen LogP contribution >= 0.6 is 11.5 Å². The second kappa shape index (κ2) is 6.13. The summed E-state index contributed by atoms with van der Waals surface area (Å²) in [5.74, 6) is 0.159. The topological polar surface area (TPSA) is 65.2 Å². The van der Waals surface area contributed by atoms with Crippen LogP contribution in [0, 0.1) is 0 Å². The SMILES string of the molecule is CC(C)c1ccc(Nc2s[nH]c(=O)c2C(=O)N(C)C)cc1. The molecule has 1 heterocycles. The predicted octanol–water partition coefficient (Wildman–Crippen LogP) is 3.01. The Hall–Kier alpha value is -2.08. The summed E-state index contributed by atoms with van der Waals surface area (Å²) < 4.78 is 2.60. The molecule has 0 saturated heterocycles. The van der Waals surface area contributed by atoms with Gasteiger partial charge in [0, 0.05) is 19.8 Å². The third-order valence-electron chi connectivity index (χ3n) is 3.16. The Balaban J connectivity index is 2.28. The molecule has 0 saturated carbocycles. The highest BCUT2D eigenvalue weighted by molar-refractivity contribution is 7.10. The van der Waals surface area contributed by atoms with Crippen LogP contribution in [0.3, 0.4) is 0 Å². The van der Waals surface area contributed by atoms with Crippen molar-refractivity contribution in [2.45, 2.75) is 19.8 Å². The lowest BCUT2D eigenvalue weighted by molar-refractivity contribution is 0.0827. The van der Waals surface area contributed by atoms with E-state index in [-0.39, 0.29) is 17.0 Å². The lowest BCUT2D eigenvalue weighted by atomic mass is 10.0. The van der Waals surface area contributed by atoms with Gasteiger partial charge in [-0.3, -0.25) is 14.0 Å². The van der Waals surface area contributed by atoms with E-state index in [9.17, 15) is 9.59 Å². The van der Waals surface area contributed by atoms with E-state index in [0.717, 1.165) is 17.2 Å². The molecule has 0 fully saturated rings. The highest BCUT2D eigenvalue weighted by Crippen LogP contribution is 2.24. The molecule has 0 spiro atoms. The second-order valence-corrected chi connectivity index (χ2v) is 6.16. The summed E-state index contributed by atoms with van der Waals surface area (Å²) in [7, 11) is 3.25. The van der Waals surface area contributed by atoms with Crippen LogP contribution in [-0.4, -0.2) is 29.3 Å². The van der Waals surface area contributed by atoms with Crippen molar-refractivity contribution in [2.24, 2.45) is 0 Å². The van der Waals surface area contributed by atoms with Crippen molar-refractivity contribution < 1.29 is 4.79 Å². The van der Waals surface area contributed by atoms with Gasteiger partial charge in [0.05, 0.1) is 0 Å². The molecule has 1 amide bonds. The van der Waals surface area contributed by atoms with Gasteiger partial charge in [-0.2, -0.15) is 0 Å². The molecule has 0 aliphatic carbocycles. The summed E-state index contributed by atoms with van der Waals surface area (Å²) in [4.78, 5) is 25.2. The Kier molecular flexibility index (Phi) is 4.47. The highest BCUT2D eigenvalue weighted by atomic mass is 32.1. The third-order valence-corrected chi connectivity index (χ3v) is 3.95. The average molecular weight is 305 g/mol. The summed E-state index contributed by atoms with van der Waals surface area (Å²) in [6.45, 7) is 4.27. The highest BCUT2D eigenvalue weighted by Gasteiger charge is 2.20. The van der Waals surface area contributed by atoms with Crippen LogP contribution in [0.15, 0.2) is 29.1 Å². The van der Waals surface area contributed by atoms with Crippen LogP contribution in [0.25, 0.3) is 0 Å². The van der Waals surface area contributed by atoms with Gasteiger partial charge in [-0.05, 0) is 35.1 Å². The van der Waals surface area contributed by atoms with Crippen molar-refractivity contribution in [1.82, 2.24) is 9.27 Å². The van der Waals surface area contributed by atoms with E-state index in [1.807, 2.05) is 24.3 Å². The monoisotopic (exact) mass is 305 g/mol. The fourth-order valence-electron chi connectivity index (χ4n) is 1.89. The summed E-state index contributed by atoms with van der Waals surface area (Å²) in [5.41, 5.74) is 1.88. The fraction of sp³-hybridized carbons (Fsp3) is 0.333. The molecule has 0 atom stereocenters. The second-order valence-electron chi connectivity index (χ2n) is 5.34. The molecule has 0 unspecified atom stereocenters. The van der Waals surface area contributed by atoms with Gasteiger partial charge in [-0.15, -0.1) is 0 Å². The Morgan fingerprint density at radius 2 is 1.86 bits per heavy atom. The van der Waals surface area contributed by atoms with Crippen molar-refractivity contribution >= 4 is 28.1 Å². The molecule has 6 heteroatoms. The molecule has 0 bridgehead atoms. The minimum atomic E-state index is -0.361. The number of hydrogen-bond donors (Lipinski definition) is 2. The van der Waals surface area contributed by atoms with Gasteiger partial charge in [0.2, 0.25) is 0 Å². The zero-order valence-electron chi connectivity index (χ0n) is 12.6. The summed E-state index contributed by atoms with van der Waals surface area (Å²) >= 11 is 1.13. The van der Waals surface area contributed by atoms with Gasteiger partial charge in [0.15, 0.2) is 0 Å². The summed E-state index contributed by atoms with van der Waals surface area (Å²) in [6, 6.07) is 7.97. The Bertz CT molecular complexity index is 684. The van der Waals surface area contributed by atoms with E-state index in [1.54, 1.807) is 14.1 Å². The molecule has 2 aromatic rings. The van der Waals surface area contributed by atoms with Crippen molar-refractivity contribution in [2.75, 3.05) is 19.4 Å². The average Bonchev–Trinajstić information content (AvgIpc) is 2.79. The lowest BCUT2D eigenvalue weighted by Crippen LogP contribution is -2.27. The number of nitrogens with zero attached hydrogens (tertiary/aromatic N) is 1. The van der Waals surface area contributed by atoms with Crippen LogP contribution in [0.4, 0.5) is 10.7 Å². The van der Waals surface area contributed by atoms with Crippen molar-refractivity contribution in [3.05, 3.63) is 45.7 Å². The fourth-order valence-corrected chi connectivity index (χ4v) is 2.64. The van der Waals surface area contributed by atoms with Crippen LogP contribution in [0.2, 0.25) is 0 Å². The van der Waals surface area contributed by atoms with Crippen molar-refractivity contribution in [3.8, 4) is 0 Å². The lowest BCUT2D eigenvalue weighted by Gasteiger charge is -2.11. The molecule has 2 N–H and O–H groups in total. The van der Waals surface area contributed by atoms with Gasteiger partial charge in [0.25, 0.3) is 11.5 Å². The standard InChI is InChI=1S/C15H19N3O2S/c1-9(2)10-5-7-11(8-6-10)16-14-12(13(19)17-21-14)15(20)18(3)4/h5-9,16H,1-4H3,(H,17,19). The van der Waals surface area contributed by atoms with E-state index >= 15 is 0 Å². The molecule has 1 aromatic carbocycles. The van der Waals surface area contributed by atoms with Gasteiger partial charge < -0.3 is 10.2 Å². The number of nitrogens with one attached hydrogen (secondary N) is 2. The summed E-state index contributed by atoms with van der Waals surface area (Å²) in [5, 5.41) is 3.67. The molecule has 5 nitrogen and oxygen atoms in total. The Morgan fingerprint density at radius 3 is 2.38 bits per heavy atom. The molecule has 0 radical (unpaired) electrons. The number of anilines is 2. The number of hydrogen-bond acceptors (Lipinski definition) is 4. The first-order valence-corrected chi connectivity index (χ1v) is 7.52. The number of rotatable bonds is 4. The quantitative estimate of drug-likeness (QED) is 0.912. The Morgan fingerprint density at radius 1 is 1.24 bits per heavy atom. The first kappa shape index (κ1) is 15.3. The number of aromatic amines is 1. The number of carbonyl (C=O) groups excluding carboxylic acids is 1. The minimum absolute atomic E-state index is 0.151. The van der Waals surface area contributed by atoms with E-state index in [2.05, 4.69) is 23.5 Å². The molecule has 1 aromatic heterocycles. The van der Waals surface area contributed by atoms with E-state index < -0.39 is 0 Å². The normalized spacial score (nSPS) is 10.7. The largest absolute Gasteiger partial charge is 0.345 e. The van der Waals surface area contributed by atoms with Crippen LogP contribution in [0.1, 0.15) is 35.7 Å². The maximum absolute atomic E-state index is 12.1. The van der Waals surface area contributed by atoms with Crippen LogP contribution in [-0.2, 0) is 0 Å². The van der Waals surface area contributed by atoms with E-state index in [4.69, 9.17) is 0 Å². The Labute approximate surface area is 127 Å². The molecule has 0 aliphatic heterocycles. The van der Waals surface area contributed by atoms with Crippen molar-refractivity contribution in [1.29, 1.82) is 0 Å². The predicted molar refractivity (Wildman–Crippen MR) is 86.8 cm³/mol. The molecule has 21 heavy (non-hydrogen) atoms. The molecule has 2 rings (SSSR count). The van der Waals surface area contributed by atoms with Gasteiger partial charge in [-0.25, -0.2) is 0 Å². The first-order chi connectivity index (χ1) is 9.90. The molecule has 112 valence electrons. The molecule has 0 aliphatic rings. The van der Waals surface area contributed by atoms with E-state index in [0.29, 0.717) is 10.9 Å². The van der Waals surface area contributed by atoms with Gasteiger partial charge >= 0.3 is 0 Å². The number of aromatic nitrogens is 1. The van der Waals surface area contributed by atoms with E-state index in [1.165, 1.54) is 10.5 Å². The van der Waals surface area contributed by atoms with Crippen LogP contribution < -0.4 is 10.9 Å². The zero-order valence-corrected chi connectivity index (χ0v) is 13.4. The zero-order chi connectivity index (χ0) is 15.6. The maximum Gasteiger partial charge on any atom is 0.273 e. The number of benzene rings is 1. The maximum atomic E-state index is 12.1. The van der Waals surface area contributed by atoms with Gasteiger partial charge in [0.1, 0.15) is 10.6 Å². The number of H-pyrrole nitrogens is 1. The van der Waals surface area contributed by atoms with Crippen LogP contribution in [0.5, 0.6) is 0 Å². The van der Waals surface area contributed by atoms with Crippen molar-refractivity contribution in [3.63, 3.8) is 0 Å². The summed E-state index contributed by atoms with van der Waals surface area (Å²) in [6.07, 6.45) is 0. The van der Waals surface area contributed by atoms with Gasteiger partial charge in [-0.1, -0.05) is 26.0 Å². The third kappa shape index (κ3) is 3.33. The minimum Gasteiger partial charge on any atom is -0.345 e. The smallest absolute Gasteiger partial charge is 0.273 e. The molecular formula is C15H19N3O2S. The number of amides is 1. The molecular weight excluding hydrogens is 286 g/mol. The number of carbonyl (C=O) groups is 1.